The van der Waals surface area contributed by atoms with Gasteiger partial charge in [0.2, 0.25) is 0 Å². The number of aromatic nitrogens is 4. The zero-order valence-corrected chi connectivity index (χ0v) is 19.7. The first-order valence-electron chi connectivity index (χ1n) is 11.6. The van der Waals surface area contributed by atoms with Crippen LogP contribution in [-0.2, 0) is 0 Å². The Kier molecular flexibility index (Phi) is 6.41. The number of hydrogen-bond acceptors (Lipinski definition) is 7. The number of nitrogens with one attached hydrogen (secondary N) is 4. The van der Waals surface area contributed by atoms with Crippen LogP contribution in [0, 0.1) is 12.0 Å². The lowest BCUT2D eigenvalue weighted by atomic mass is 9.91. The highest BCUT2D eigenvalue weighted by Crippen LogP contribution is 2.30. The van der Waals surface area contributed by atoms with Gasteiger partial charge in [-0.15, -0.1) is 5.10 Å². The lowest BCUT2D eigenvalue weighted by Gasteiger charge is -2.29. The molecule has 3 aromatic rings. The van der Waals surface area contributed by atoms with Crippen LogP contribution in [0.2, 0.25) is 5.15 Å². The second kappa shape index (κ2) is 9.77. The van der Waals surface area contributed by atoms with Gasteiger partial charge in [0.05, 0.1) is 11.9 Å². The summed E-state index contributed by atoms with van der Waals surface area (Å²) in [5.74, 6) is 3.30. The van der Waals surface area contributed by atoms with Crippen molar-refractivity contribution in [2.24, 2.45) is 0 Å². The van der Waals surface area contributed by atoms with Crippen molar-refractivity contribution in [3.8, 4) is 12.0 Å². The summed E-state index contributed by atoms with van der Waals surface area (Å²) in [4.78, 5) is 21.5. The van der Waals surface area contributed by atoms with E-state index in [9.17, 15) is 4.79 Å². The molecule has 0 saturated heterocycles. The third-order valence-corrected chi connectivity index (χ3v) is 6.31. The molecule has 9 nitrogen and oxygen atoms in total. The summed E-state index contributed by atoms with van der Waals surface area (Å²) >= 11 is 5.95. The van der Waals surface area contributed by atoms with Crippen LogP contribution in [-0.4, -0.2) is 43.6 Å². The summed E-state index contributed by atoms with van der Waals surface area (Å²) in [6.07, 6.45) is 9.50. The second-order valence-corrected chi connectivity index (χ2v) is 9.16. The van der Waals surface area contributed by atoms with Crippen LogP contribution in [0.15, 0.2) is 30.6 Å². The van der Waals surface area contributed by atoms with E-state index in [4.69, 9.17) is 16.7 Å². The number of carbonyl (C=O) groups is 1. The van der Waals surface area contributed by atoms with E-state index >= 15 is 0 Å². The maximum absolute atomic E-state index is 13.0. The Balaban J connectivity index is 1.37. The van der Waals surface area contributed by atoms with Gasteiger partial charge < -0.3 is 21.3 Å². The Morgan fingerprint density at radius 2 is 1.79 bits per heavy atom. The van der Waals surface area contributed by atoms with E-state index in [-0.39, 0.29) is 5.91 Å². The van der Waals surface area contributed by atoms with Crippen molar-refractivity contribution in [2.45, 2.75) is 63.6 Å². The first kappa shape index (κ1) is 22.3. The Labute approximate surface area is 203 Å². The second-order valence-electron chi connectivity index (χ2n) is 8.77. The van der Waals surface area contributed by atoms with Crippen molar-refractivity contribution in [2.75, 3.05) is 16.0 Å². The fourth-order valence-electron chi connectivity index (χ4n) is 4.19. The molecule has 2 aliphatic carbocycles. The third-order valence-electron chi connectivity index (χ3n) is 6.10. The molecule has 0 aliphatic heterocycles. The van der Waals surface area contributed by atoms with Gasteiger partial charge in [0, 0.05) is 42.1 Å². The predicted octanol–water partition coefficient (Wildman–Crippen LogP) is 3.90. The molecule has 0 spiro atoms. The minimum Gasteiger partial charge on any atom is -0.379 e. The SMILES string of the molecule is CC#CNC1CCC(Nc2cc(NC3CC3)c3ncc(C(=O)Nc4ccnc(Cl)c4)n3n2)CC1. The van der Waals surface area contributed by atoms with Crippen LogP contribution >= 0.6 is 11.6 Å². The number of nitrogens with zero attached hydrogens (tertiary/aromatic N) is 4. The maximum Gasteiger partial charge on any atom is 0.276 e. The van der Waals surface area contributed by atoms with Gasteiger partial charge in [-0.05, 0) is 57.6 Å². The number of imidazole rings is 1. The lowest BCUT2D eigenvalue weighted by molar-refractivity contribution is 0.102. The zero-order chi connectivity index (χ0) is 23.5. The topological polar surface area (TPSA) is 108 Å². The van der Waals surface area contributed by atoms with Gasteiger partial charge >= 0.3 is 0 Å². The maximum atomic E-state index is 13.0. The molecule has 2 fully saturated rings. The van der Waals surface area contributed by atoms with Crippen molar-refractivity contribution in [1.29, 1.82) is 0 Å². The predicted molar refractivity (Wildman–Crippen MR) is 133 cm³/mol. The molecule has 0 radical (unpaired) electrons. The molecular weight excluding hydrogens is 452 g/mol. The molecular formula is C24H27ClN8O. The normalized spacial score (nSPS) is 19.7. The summed E-state index contributed by atoms with van der Waals surface area (Å²) in [6, 6.07) is 9.43. The van der Waals surface area contributed by atoms with Gasteiger partial charge in [-0.3, -0.25) is 4.79 Å². The number of fused-ring (bicyclic) bond motifs is 1. The molecule has 176 valence electrons. The Morgan fingerprint density at radius 1 is 1.06 bits per heavy atom. The Morgan fingerprint density at radius 3 is 2.53 bits per heavy atom. The minimum atomic E-state index is -0.319. The fourth-order valence-corrected chi connectivity index (χ4v) is 4.36. The molecule has 2 saturated carbocycles. The van der Waals surface area contributed by atoms with Gasteiger partial charge in [-0.25, -0.2) is 14.5 Å². The summed E-state index contributed by atoms with van der Waals surface area (Å²) in [7, 11) is 0. The fraction of sp³-hybridized carbons (Fsp3) is 0.417. The average Bonchev–Trinajstić information content (AvgIpc) is 3.54. The number of halogens is 1. The number of anilines is 3. The molecule has 0 atom stereocenters. The molecule has 1 amide bonds. The van der Waals surface area contributed by atoms with Crippen molar-refractivity contribution >= 4 is 40.3 Å². The largest absolute Gasteiger partial charge is 0.379 e. The van der Waals surface area contributed by atoms with Crippen LogP contribution in [0.4, 0.5) is 17.2 Å². The van der Waals surface area contributed by atoms with E-state index in [1.54, 1.807) is 29.0 Å². The quantitative estimate of drug-likeness (QED) is 0.232. The molecule has 0 bridgehead atoms. The molecule has 0 aromatic carbocycles. The summed E-state index contributed by atoms with van der Waals surface area (Å²) < 4.78 is 1.61. The smallest absolute Gasteiger partial charge is 0.276 e. The molecule has 0 unspecified atom stereocenters. The van der Waals surface area contributed by atoms with Crippen LogP contribution in [0.3, 0.4) is 0 Å². The minimum absolute atomic E-state index is 0.308. The molecule has 2 aliphatic rings. The standard InChI is InChI=1S/C24H27ClN8O/c1-2-10-26-15-3-5-17(6-4-15)30-22-13-19(29-16-7-8-16)23-28-14-20(33(23)32-22)24(34)31-18-9-11-27-21(25)12-18/h9,11-17,26,29H,3-8H2,1H3,(H,30,32)(H,27,31,34). The number of rotatable bonds is 7. The van der Waals surface area contributed by atoms with Crippen LogP contribution < -0.4 is 21.3 Å². The molecule has 3 aromatic heterocycles. The van der Waals surface area contributed by atoms with Crippen LogP contribution in [0.5, 0.6) is 0 Å². The van der Waals surface area contributed by atoms with Gasteiger partial charge in [-0.1, -0.05) is 17.5 Å². The van der Waals surface area contributed by atoms with E-state index in [2.05, 4.69) is 43.2 Å². The highest BCUT2D eigenvalue weighted by molar-refractivity contribution is 6.29. The van der Waals surface area contributed by atoms with Gasteiger partial charge in [-0.2, -0.15) is 0 Å². The van der Waals surface area contributed by atoms with E-state index < -0.39 is 0 Å². The molecule has 10 heteroatoms. The zero-order valence-electron chi connectivity index (χ0n) is 18.9. The number of hydrogen-bond donors (Lipinski definition) is 4. The number of pyridine rings is 1. The number of carbonyl (C=O) groups excluding carboxylic acids is 1. The molecule has 34 heavy (non-hydrogen) atoms. The third kappa shape index (κ3) is 5.18. The van der Waals surface area contributed by atoms with E-state index in [0.29, 0.717) is 40.3 Å². The first-order chi connectivity index (χ1) is 16.6. The lowest BCUT2D eigenvalue weighted by Crippen LogP contribution is -2.35. The van der Waals surface area contributed by atoms with Crippen LogP contribution in [0.25, 0.3) is 5.65 Å². The first-order valence-corrected chi connectivity index (χ1v) is 12.0. The van der Waals surface area contributed by atoms with E-state index in [1.807, 2.05) is 13.0 Å². The van der Waals surface area contributed by atoms with Crippen molar-refractivity contribution in [3.05, 3.63) is 41.4 Å². The van der Waals surface area contributed by atoms with Gasteiger partial charge in [0.25, 0.3) is 5.91 Å². The van der Waals surface area contributed by atoms with E-state index in [0.717, 1.165) is 50.0 Å². The van der Waals surface area contributed by atoms with Gasteiger partial charge in [0.1, 0.15) is 11.0 Å². The Hall–Kier alpha value is -3.51. The van der Waals surface area contributed by atoms with Crippen LogP contribution in [0.1, 0.15) is 55.9 Å². The number of amides is 1. The Bertz CT molecular complexity index is 1250. The van der Waals surface area contributed by atoms with Crippen molar-refractivity contribution < 1.29 is 4.79 Å². The van der Waals surface area contributed by atoms with Gasteiger partial charge in [0.15, 0.2) is 11.3 Å². The monoisotopic (exact) mass is 478 g/mol. The van der Waals surface area contributed by atoms with E-state index in [1.165, 1.54) is 0 Å². The molecule has 4 N–H and O–H groups in total. The molecule has 3 heterocycles. The summed E-state index contributed by atoms with van der Waals surface area (Å²) in [6.45, 7) is 1.84. The summed E-state index contributed by atoms with van der Waals surface area (Å²) in [5.41, 5.74) is 2.40. The highest BCUT2D eigenvalue weighted by atomic mass is 35.5. The van der Waals surface area contributed by atoms with Crippen molar-refractivity contribution in [3.63, 3.8) is 0 Å². The van der Waals surface area contributed by atoms with Crippen molar-refractivity contribution in [1.82, 2.24) is 24.9 Å². The highest BCUT2D eigenvalue weighted by Gasteiger charge is 2.25. The molecule has 5 rings (SSSR count). The summed E-state index contributed by atoms with van der Waals surface area (Å²) in [5, 5.41) is 18.3. The average molecular weight is 479 g/mol.